The van der Waals surface area contributed by atoms with Crippen LogP contribution < -0.4 is 5.48 Å². The van der Waals surface area contributed by atoms with E-state index in [0.717, 1.165) is 11.3 Å². The molecule has 1 unspecified atom stereocenters. The summed E-state index contributed by atoms with van der Waals surface area (Å²) in [7, 11) is 0. The van der Waals surface area contributed by atoms with E-state index >= 15 is 0 Å². The van der Waals surface area contributed by atoms with Crippen LogP contribution in [0.25, 0.3) is 0 Å². The second-order valence-corrected chi connectivity index (χ2v) is 7.10. The van der Waals surface area contributed by atoms with E-state index in [2.05, 4.69) is 5.48 Å². The van der Waals surface area contributed by atoms with Crippen molar-refractivity contribution in [3.05, 3.63) is 55.2 Å². The number of aliphatic hydroxyl groups excluding tert-OH is 2. The summed E-state index contributed by atoms with van der Waals surface area (Å²) in [6.45, 7) is 0.901. The number of halogens is 2. The molecule has 0 spiro atoms. The molecule has 0 saturated heterocycles. The van der Waals surface area contributed by atoms with E-state index in [-0.39, 0.29) is 23.5 Å². The molecular weight excluding hydrogens is 389 g/mol. The van der Waals surface area contributed by atoms with Crippen molar-refractivity contribution in [2.45, 2.75) is 13.0 Å². The van der Waals surface area contributed by atoms with Crippen molar-refractivity contribution in [1.82, 2.24) is 5.48 Å². The lowest BCUT2D eigenvalue weighted by atomic mass is 10.0. The Balaban J connectivity index is 2.24. The zero-order chi connectivity index (χ0) is 18.6. The van der Waals surface area contributed by atoms with Gasteiger partial charge in [0.05, 0.1) is 22.1 Å². The average molecular weight is 404 g/mol. The van der Waals surface area contributed by atoms with Crippen LogP contribution >= 0.6 is 34.5 Å². The molecule has 0 saturated carbocycles. The van der Waals surface area contributed by atoms with Gasteiger partial charge >= 0.3 is 0 Å². The molecule has 134 valence electrons. The van der Waals surface area contributed by atoms with E-state index in [9.17, 15) is 14.7 Å². The van der Waals surface area contributed by atoms with Gasteiger partial charge < -0.3 is 10.2 Å². The van der Waals surface area contributed by atoms with Crippen LogP contribution in [0.5, 0.6) is 0 Å². The van der Waals surface area contributed by atoms with E-state index < -0.39 is 18.6 Å². The first kappa shape index (κ1) is 19.8. The highest BCUT2D eigenvalue weighted by Crippen LogP contribution is 2.37. The summed E-state index contributed by atoms with van der Waals surface area (Å²) in [6, 6.07) is 6.23. The molecule has 6 nitrogen and oxygen atoms in total. The number of aliphatic hydroxyl groups is 2. The molecule has 1 aromatic carbocycles. The number of nitrogens with one attached hydrogen (secondary N) is 1. The van der Waals surface area contributed by atoms with Crippen LogP contribution in [0.1, 0.15) is 31.2 Å². The zero-order valence-electron chi connectivity index (χ0n) is 13.1. The number of carbonyl (C=O) groups excluding carboxylic acids is 2. The van der Waals surface area contributed by atoms with Gasteiger partial charge in [-0.1, -0.05) is 41.4 Å². The maximum absolute atomic E-state index is 12.8. The van der Waals surface area contributed by atoms with Gasteiger partial charge in [0, 0.05) is 5.56 Å². The van der Waals surface area contributed by atoms with Crippen molar-refractivity contribution in [2.24, 2.45) is 0 Å². The molecule has 0 radical (unpaired) electrons. The number of benzene rings is 1. The number of rotatable bonds is 7. The second kappa shape index (κ2) is 8.75. The maximum Gasteiger partial charge on any atom is 0.275 e. The zero-order valence-corrected chi connectivity index (χ0v) is 15.4. The monoisotopic (exact) mass is 403 g/mol. The number of amides is 1. The lowest BCUT2D eigenvalue weighted by molar-refractivity contribution is -0.0295. The number of thiophene rings is 1. The summed E-state index contributed by atoms with van der Waals surface area (Å²) in [5.74, 6) is -1.03. The molecule has 0 bridgehead atoms. The van der Waals surface area contributed by atoms with Gasteiger partial charge in [-0.05, 0) is 18.6 Å². The fraction of sp³-hybridized carbons (Fsp3) is 0.250. The molecule has 1 aromatic heterocycles. The molecule has 2 rings (SSSR count). The summed E-state index contributed by atoms with van der Waals surface area (Å²) < 4.78 is 0.311. The third-order valence-corrected chi connectivity index (χ3v) is 5.49. The number of hydrogen-bond acceptors (Lipinski definition) is 6. The third kappa shape index (κ3) is 4.58. The summed E-state index contributed by atoms with van der Waals surface area (Å²) in [4.78, 5) is 30.2. The Labute approximate surface area is 157 Å². The minimum atomic E-state index is -1.12. The van der Waals surface area contributed by atoms with Gasteiger partial charge in [-0.25, -0.2) is 5.48 Å². The standard InChI is InChI=1S/C16H15Cl2NO5S/c1-8-12(17)15(18)25-14(8)13(22)10-4-2-3-5-11(10)16(23)19-24-7-9(21)6-20/h2-5,9,20-21H,6-7H2,1H3,(H,19,23). The molecule has 0 aliphatic heterocycles. The van der Waals surface area contributed by atoms with E-state index in [0.29, 0.717) is 19.8 Å². The molecule has 1 atom stereocenters. The van der Waals surface area contributed by atoms with Crippen LogP contribution in [0.2, 0.25) is 9.36 Å². The normalized spacial score (nSPS) is 12.0. The van der Waals surface area contributed by atoms with Crippen LogP contribution in [0, 0.1) is 6.92 Å². The van der Waals surface area contributed by atoms with E-state index in [4.69, 9.17) is 33.1 Å². The van der Waals surface area contributed by atoms with Gasteiger partial charge in [-0.2, -0.15) is 0 Å². The van der Waals surface area contributed by atoms with Crippen LogP contribution in [0.4, 0.5) is 0 Å². The molecule has 2 aromatic rings. The van der Waals surface area contributed by atoms with Gasteiger partial charge in [0.25, 0.3) is 5.91 Å². The first-order chi connectivity index (χ1) is 11.9. The Morgan fingerprint density at radius 3 is 2.48 bits per heavy atom. The fourth-order valence-electron chi connectivity index (χ4n) is 1.99. The van der Waals surface area contributed by atoms with Gasteiger partial charge in [-0.15, -0.1) is 11.3 Å². The summed E-state index contributed by atoms with van der Waals surface area (Å²) in [6.07, 6.45) is -1.12. The summed E-state index contributed by atoms with van der Waals surface area (Å²) in [5.41, 5.74) is 2.96. The summed E-state index contributed by atoms with van der Waals surface area (Å²) in [5, 5.41) is 18.2. The van der Waals surface area contributed by atoms with Crippen LogP contribution in [0.15, 0.2) is 24.3 Å². The molecular formula is C16H15Cl2NO5S. The Hall–Kier alpha value is -1.48. The van der Waals surface area contributed by atoms with Crippen LogP contribution in [-0.2, 0) is 4.84 Å². The Bertz CT molecular complexity index is 793. The Kier molecular flexibility index (Phi) is 6.95. The average Bonchev–Trinajstić information content (AvgIpc) is 2.88. The second-order valence-electron chi connectivity index (χ2n) is 5.10. The van der Waals surface area contributed by atoms with Crippen molar-refractivity contribution >= 4 is 46.2 Å². The molecule has 9 heteroatoms. The molecule has 0 fully saturated rings. The van der Waals surface area contributed by atoms with Crippen molar-refractivity contribution in [3.8, 4) is 0 Å². The van der Waals surface area contributed by atoms with Crippen molar-refractivity contribution < 1.29 is 24.6 Å². The quantitative estimate of drug-likeness (QED) is 0.487. The lowest BCUT2D eigenvalue weighted by Crippen LogP contribution is -2.30. The SMILES string of the molecule is Cc1c(C(=O)c2ccccc2C(=O)NOCC(O)CO)sc(Cl)c1Cl. The smallest absolute Gasteiger partial charge is 0.275 e. The maximum atomic E-state index is 12.8. The molecule has 1 heterocycles. The van der Waals surface area contributed by atoms with Crippen molar-refractivity contribution in [1.29, 1.82) is 0 Å². The number of carbonyl (C=O) groups is 2. The minimum Gasteiger partial charge on any atom is -0.394 e. The topological polar surface area (TPSA) is 95.9 Å². The first-order valence-corrected chi connectivity index (χ1v) is 8.73. The third-order valence-electron chi connectivity index (χ3n) is 3.31. The van der Waals surface area contributed by atoms with Crippen molar-refractivity contribution in [3.63, 3.8) is 0 Å². The van der Waals surface area contributed by atoms with Crippen LogP contribution in [0.3, 0.4) is 0 Å². The predicted octanol–water partition coefficient (Wildman–Crippen LogP) is 2.61. The lowest BCUT2D eigenvalue weighted by Gasteiger charge is -2.11. The molecule has 0 aliphatic rings. The highest BCUT2D eigenvalue weighted by molar-refractivity contribution is 7.19. The minimum absolute atomic E-state index is 0.103. The molecule has 25 heavy (non-hydrogen) atoms. The molecule has 0 aliphatic carbocycles. The summed E-state index contributed by atoms with van der Waals surface area (Å²) >= 11 is 13.0. The highest BCUT2D eigenvalue weighted by Gasteiger charge is 2.23. The van der Waals surface area contributed by atoms with E-state index in [1.54, 1.807) is 19.1 Å². The van der Waals surface area contributed by atoms with E-state index in [1.165, 1.54) is 12.1 Å². The number of ketones is 1. The van der Waals surface area contributed by atoms with Gasteiger partial charge in [0.1, 0.15) is 17.0 Å². The largest absolute Gasteiger partial charge is 0.394 e. The van der Waals surface area contributed by atoms with Crippen molar-refractivity contribution in [2.75, 3.05) is 13.2 Å². The van der Waals surface area contributed by atoms with Gasteiger partial charge in [0.2, 0.25) is 5.78 Å². The number of hydroxylamine groups is 1. The predicted molar refractivity (Wildman–Crippen MR) is 95.5 cm³/mol. The fourth-order valence-corrected chi connectivity index (χ4v) is 3.51. The molecule has 3 N–H and O–H groups in total. The van der Waals surface area contributed by atoms with Gasteiger partial charge in [0.15, 0.2) is 0 Å². The van der Waals surface area contributed by atoms with Gasteiger partial charge in [-0.3, -0.25) is 14.4 Å². The van der Waals surface area contributed by atoms with Crippen LogP contribution in [-0.4, -0.2) is 41.2 Å². The number of hydrogen-bond donors (Lipinski definition) is 3. The Morgan fingerprint density at radius 2 is 1.92 bits per heavy atom. The molecule has 1 amide bonds. The van der Waals surface area contributed by atoms with E-state index in [1.807, 2.05) is 0 Å². The highest BCUT2D eigenvalue weighted by atomic mass is 35.5. The Morgan fingerprint density at radius 1 is 1.28 bits per heavy atom. The first-order valence-electron chi connectivity index (χ1n) is 7.16.